The van der Waals surface area contributed by atoms with Crippen molar-refractivity contribution in [1.82, 2.24) is 4.90 Å². The molecule has 0 spiro atoms. The van der Waals surface area contributed by atoms with E-state index >= 15 is 0 Å². The minimum atomic E-state index is -0.492. The maximum absolute atomic E-state index is 12.8. The summed E-state index contributed by atoms with van der Waals surface area (Å²) < 4.78 is 5.95. The lowest BCUT2D eigenvalue weighted by atomic mass is 10.1. The van der Waals surface area contributed by atoms with Crippen LogP contribution < -0.4 is 9.64 Å². The SMILES string of the molecule is Cc1ccc(C)c(O[C@@H](C)C(=O)N2CCN(c3cccc(Cl)c3)CC2)c1. The fourth-order valence-corrected chi connectivity index (χ4v) is 3.37. The van der Waals surface area contributed by atoms with Gasteiger partial charge in [0.05, 0.1) is 0 Å². The first kappa shape index (κ1) is 18.6. The molecule has 138 valence electrons. The normalized spacial score (nSPS) is 15.7. The van der Waals surface area contributed by atoms with Gasteiger partial charge in [0, 0.05) is 36.9 Å². The molecule has 1 saturated heterocycles. The average molecular weight is 373 g/mol. The van der Waals surface area contributed by atoms with Gasteiger partial charge >= 0.3 is 0 Å². The molecule has 2 aromatic rings. The Morgan fingerprint density at radius 3 is 2.50 bits per heavy atom. The molecule has 1 amide bonds. The third-order valence-corrected chi connectivity index (χ3v) is 4.99. The lowest BCUT2D eigenvalue weighted by Crippen LogP contribution is -2.52. The maximum Gasteiger partial charge on any atom is 0.263 e. The number of carbonyl (C=O) groups excluding carboxylic acids is 1. The van der Waals surface area contributed by atoms with Gasteiger partial charge in [-0.05, 0) is 56.2 Å². The highest BCUT2D eigenvalue weighted by molar-refractivity contribution is 6.30. The van der Waals surface area contributed by atoms with Gasteiger partial charge in [-0.25, -0.2) is 0 Å². The molecule has 4 nitrogen and oxygen atoms in total. The van der Waals surface area contributed by atoms with Crippen molar-refractivity contribution in [2.45, 2.75) is 26.9 Å². The van der Waals surface area contributed by atoms with Crippen LogP contribution in [0.25, 0.3) is 0 Å². The van der Waals surface area contributed by atoms with E-state index in [1.54, 1.807) is 0 Å². The number of nitrogens with zero attached hydrogens (tertiary/aromatic N) is 2. The molecular weight excluding hydrogens is 348 g/mol. The number of halogens is 1. The Labute approximate surface area is 160 Å². The standard InChI is InChI=1S/C21H25ClN2O2/c1-15-7-8-16(2)20(13-15)26-17(3)21(25)24-11-9-23(10-12-24)19-6-4-5-18(22)14-19/h4-8,13-14,17H,9-12H2,1-3H3/t17-/m0/s1. The largest absolute Gasteiger partial charge is 0.481 e. The first-order chi connectivity index (χ1) is 12.4. The second-order valence-corrected chi connectivity index (χ2v) is 7.26. The van der Waals surface area contributed by atoms with Crippen molar-refractivity contribution in [1.29, 1.82) is 0 Å². The quantitative estimate of drug-likeness (QED) is 0.810. The molecular formula is C21H25ClN2O2. The number of ether oxygens (including phenoxy) is 1. The summed E-state index contributed by atoms with van der Waals surface area (Å²) in [6, 6.07) is 13.9. The molecule has 5 heteroatoms. The molecule has 0 aliphatic carbocycles. The van der Waals surface area contributed by atoms with Gasteiger partial charge in [-0.15, -0.1) is 0 Å². The van der Waals surface area contributed by atoms with Crippen LogP contribution in [0.3, 0.4) is 0 Å². The number of anilines is 1. The van der Waals surface area contributed by atoms with Crippen LogP contribution in [0.4, 0.5) is 5.69 Å². The molecule has 0 N–H and O–H groups in total. The minimum Gasteiger partial charge on any atom is -0.481 e. The molecule has 0 aromatic heterocycles. The Hall–Kier alpha value is -2.20. The molecule has 0 unspecified atom stereocenters. The second-order valence-electron chi connectivity index (χ2n) is 6.82. The van der Waals surface area contributed by atoms with Gasteiger partial charge < -0.3 is 14.5 Å². The number of amides is 1. The Balaban J connectivity index is 1.58. The average Bonchev–Trinajstić information content (AvgIpc) is 2.64. The van der Waals surface area contributed by atoms with E-state index in [9.17, 15) is 4.79 Å². The van der Waals surface area contributed by atoms with Crippen LogP contribution in [0.1, 0.15) is 18.1 Å². The topological polar surface area (TPSA) is 32.8 Å². The van der Waals surface area contributed by atoms with Crippen LogP contribution in [0.15, 0.2) is 42.5 Å². The van der Waals surface area contributed by atoms with E-state index in [0.717, 1.165) is 40.7 Å². The summed E-state index contributed by atoms with van der Waals surface area (Å²) in [5.74, 6) is 0.820. The van der Waals surface area contributed by atoms with Crippen molar-refractivity contribution in [3.05, 3.63) is 58.6 Å². The van der Waals surface area contributed by atoms with Crippen molar-refractivity contribution < 1.29 is 9.53 Å². The molecule has 1 heterocycles. The van der Waals surface area contributed by atoms with Gasteiger partial charge in [0.15, 0.2) is 6.10 Å². The molecule has 3 rings (SSSR count). The van der Waals surface area contributed by atoms with Crippen molar-refractivity contribution in [3.63, 3.8) is 0 Å². The second kappa shape index (κ2) is 8.00. The van der Waals surface area contributed by atoms with Crippen molar-refractivity contribution >= 4 is 23.2 Å². The Morgan fingerprint density at radius 2 is 1.81 bits per heavy atom. The summed E-state index contributed by atoms with van der Waals surface area (Å²) in [5.41, 5.74) is 3.27. The molecule has 1 aliphatic rings. The van der Waals surface area contributed by atoms with Gasteiger partial charge in [-0.1, -0.05) is 29.8 Å². The van der Waals surface area contributed by atoms with E-state index in [0.29, 0.717) is 13.1 Å². The number of aryl methyl sites for hydroxylation is 2. The highest BCUT2D eigenvalue weighted by Crippen LogP contribution is 2.23. The number of rotatable bonds is 4. The third-order valence-electron chi connectivity index (χ3n) is 4.76. The molecule has 1 fully saturated rings. The predicted octanol–water partition coefficient (Wildman–Crippen LogP) is 4.07. The van der Waals surface area contributed by atoms with Gasteiger partial charge in [0.2, 0.25) is 0 Å². The van der Waals surface area contributed by atoms with E-state index in [2.05, 4.69) is 11.0 Å². The van der Waals surface area contributed by atoms with E-state index in [1.807, 2.05) is 62.1 Å². The molecule has 26 heavy (non-hydrogen) atoms. The van der Waals surface area contributed by atoms with Crippen LogP contribution in [-0.2, 0) is 4.79 Å². The Kier molecular flexibility index (Phi) is 5.72. The van der Waals surface area contributed by atoms with Crippen molar-refractivity contribution in [3.8, 4) is 5.75 Å². The number of benzene rings is 2. The summed E-state index contributed by atoms with van der Waals surface area (Å²) in [6.07, 6.45) is -0.492. The molecule has 1 atom stereocenters. The van der Waals surface area contributed by atoms with Crippen LogP contribution in [0, 0.1) is 13.8 Å². The Bertz CT molecular complexity index is 785. The van der Waals surface area contributed by atoms with Gasteiger partial charge in [0.1, 0.15) is 5.75 Å². The molecule has 0 radical (unpaired) electrons. The molecule has 2 aromatic carbocycles. The predicted molar refractivity (Wildman–Crippen MR) is 106 cm³/mol. The van der Waals surface area contributed by atoms with Crippen molar-refractivity contribution in [2.24, 2.45) is 0 Å². The summed E-state index contributed by atoms with van der Waals surface area (Å²) in [6.45, 7) is 8.80. The van der Waals surface area contributed by atoms with Gasteiger partial charge in [0.25, 0.3) is 5.91 Å². The Morgan fingerprint density at radius 1 is 1.08 bits per heavy atom. The first-order valence-corrected chi connectivity index (χ1v) is 9.35. The van der Waals surface area contributed by atoms with Gasteiger partial charge in [-0.3, -0.25) is 4.79 Å². The number of hydrogen-bond donors (Lipinski definition) is 0. The highest BCUT2D eigenvalue weighted by Gasteiger charge is 2.26. The van der Waals surface area contributed by atoms with E-state index in [-0.39, 0.29) is 5.91 Å². The lowest BCUT2D eigenvalue weighted by Gasteiger charge is -2.37. The van der Waals surface area contributed by atoms with Crippen molar-refractivity contribution in [2.75, 3.05) is 31.1 Å². The molecule has 0 bridgehead atoms. The smallest absolute Gasteiger partial charge is 0.263 e. The fourth-order valence-electron chi connectivity index (χ4n) is 3.19. The van der Waals surface area contributed by atoms with Crippen LogP contribution in [-0.4, -0.2) is 43.1 Å². The summed E-state index contributed by atoms with van der Waals surface area (Å²) in [5, 5.41) is 0.733. The fraction of sp³-hybridized carbons (Fsp3) is 0.381. The molecule has 1 aliphatic heterocycles. The monoisotopic (exact) mass is 372 g/mol. The zero-order valence-corrected chi connectivity index (χ0v) is 16.3. The third kappa shape index (κ3) is 4.31. The maximum atomic E-state index is 12.8. The van der Waals surface area contributed by atoms with Crippen LogP contribution in [0.2, 0.25) is 5.02 Å². The highest BCUT2D eigenvalue weighted by atomic mass is 35.5. The van der Waals surface area contributed by atoms with Crippen LogP contribution >= 0.6 is 11.6 Å². The van der Waals surface area contributed by atoms with E-state index in [1.165, 1.54) is 0 Å². The minimum absolute atomic E-state index is 0.0386. The summed E-state index contributed by atoms with van der Waals surface area (Å²) in [7, 11) is 0. The van der Waals surface area contributed by atoms with Gasteiger partial charge in [-0.2, -0.15) is 0 Å². The first-order valence-electron chi connectivity index (χ1n) is 8.97. The van der Waals surface area contributed by atoms with Crippen LogP contribution in [0.5, 0.6) is 5.75 Å². The lowest BCUT2D eigenvalue weighted by molar-refractivity contribution is -0.138. The zero-order valence-electron chi connectivity index (χ0n) is 15.5. The van der Waals surface area contributed by atoms with E-state index < -0.39 is 6.10 Å². The number of piperazine rings is 1. The molecule has 0 saturated carbocycles. The summed E-state index contributed by atoms with van der Waals surface area (Å²) in [4.78, 5) is 16.9. The number of hydrogen-bond acceptors (Lipinski definition) is 3. The number of carbonyl (C=O) groups is 1. The summed E-state index contributed by atoms with van der Waals surface area (Å²) >= 11 is 6.08. The zero-order chi connectivity index (χ0) is 18.7. The van der Waals surface area contributed by atoms with E-state index in [4.69, 9.17) is 16.3 Å².